The van der Waals surface area contributed by atoms with Crippen LogP contribution in [-0.4, -0.2) is 11.5 Å². The van der Waals surface area contributed by atoms with E-state index in [-0.39, 0.29) is 0 Å². The lowest BCUT2D eigenvalue weighted by Gasteiger charge is -2.16. The highest BCUT2D eigenvalue weighted by Gasteiger charge is 2.08. The van der Waals surface area contributed by atoms with Gasteiger partial charge in [-0.1, -0.05) is 32.9 Å². The molecule has 0 saturated carbocycles. The Kier molecular flexibility index (Phi) is 4.11. The normalized spacial score (nSPS) is 11.6. The Morgan fingerprint density at radius 2 is 1.90 bits per heavy atom. The van der Waals surface area contributed by atoms with E-state index in [0.29, 0.717) is 5.41 Å². The van der Waals surface area contributed by atoms with Gasteiger partial charge in [0.25, 0.3) is 0 Å². The standard InChI is InChI=1S/C9H18S/c1-8(2)6-10-7-9(3,4)5/h1,6-7H2,2-5H3. The van der Waals surface area contributed by atoms with Crippen LogP contribution in [0.25, 0.3) is 0 Å². The molecule has 0 aromatic carbocycles. The molecule has 10 heavy (non-hydrogen) atoms. The van der Waals surface area contributed by atoms with Crippen LogP contribution < -0.4 is 0 Å². The minimum absolute atomic E-state index is 0.458. The van der Waals surface area contributed by atoms with Crippen LogP contribution in [0.4, 0.5) is 0 Å². The van der Waals surface area contributed by atoms with E-state index >= 15 is 0 Å². The first-order valence-electron chi connectivity index (χ1n) is 3.64. The molecule has 0 aliphatic heterocycles. The summed E-state index contributed by atoms with van der Waals surface area (Å²) in [4.78, 5) is 0. The lowest BCUT2D eigenvalue weighted by Crippen LogP contribution is -2.08. The van der Waals surface area contributed by atoms with Crippen LogP contribution in [0.5, 0.6) is 0 Å². The van der Waals surface area contributed by atoms with E-state index in [4.69, 9.17) is 0 Å². The van der Waals surface area contributed by atoms with Crippen LogP contribution in [-0.2, 0) is 0 Å². The van der Waals surface area contributed by atoms with Gasteiger partial charge in [-0.15, -0.1) is 0 Å². The average Bonchev–Trinajstić information content (AvgIpc) is 1.59. The smallest absolute Gasteiger partial charge is 0.0138 e. The molecule has 0 amide bonds. The van der Waals surface area contributed by atoms with Crippen LogP contribution in [0.1, 0.15) is 27.7 Å². The molecule has 0 fully saturated rings. The molecule has 0 aromatic heterocycles. The average molecular weight is 158 g/mol. The molecule has 1 heteroatoms. The van der Waals surface area contributed by atoms with Crippen LogP contribution in [0.15, 0.2) is 12.2 Å². The van der Waals surface area contributed by atoms with Crippen molar-refractivity contribution < 1.29 is 0 Å². The molecule has 0 spiro atoms. The van der Waals surface area contributed by atoms with E-state index in [1.165, 1.54) is 11.3 Å². The SMILES string of the molecule is C=C(C)CSCC(C)(C)C. The molecule has 0 aliphatic rings. The summed E-state index contributed by atoms with van der Waals surface area (Å²) in [5.74, 6) is 2.33. The molecule has 0 atom stereocenters. The van der Waals surface area contributed by atoms with Crippen LogP contribution >= 0.6 is 11.8 Å². The molecule has 0 saturated heterocycles. The monoisotopic (exact) mass is 158 g/mol. The molecule has 60 valence electrons. The largest absolute Gasteiger partial charge is 0.157 e. The molecule has 0 radical (unpaired) electrons. The summed E-state index contributed by atoms with van der Waals surface area (Å²) in [7, 11) is 0. The maximum atomic E-state index is 3.85. The van der Waals surface area contributed by atoms with Crippen LogP contribution in [0.3, 0.4) is 0 Å². The number of thioether (sulfide) groups is 1. The maximum absolute atomic E-state index is 3.85. The van der Waals surface area contributed by atoms with E-state index in [1.807, 2.05) is 11.8 Å². The Morgan fingerprint density at radius 1 is 1.40 bits per heavy atom. The second kappa shape index (κ2) is 4.07. The molecule has 0 aromatic rings. The Bertz CT molecular complexity index is 108. The highest BCUT2D eigenvalue weighted by atomic mass is 32.2. The highest BCUT2D eigenvalue weighted by molar-refractivity contribution is 7.99. The summed E-state index contributed by atoms with van der Waals surface area (Å²) in [5, 5.41) is 0. The zero-order chi connectivity index (χ0) is 8.20. The fourth-order valence-electron chi connectivity index (χ4n) is 0.531. The third-order valence-electron chi connectivity index (χ3n) is 0.884. The Morgan fingerprint density at radius 3 is 2.20 bits per heavy atom. The van der Waals surface area contributed by atoms with Gasteiger partial charge in [0.1, 0.15) is 0 Å². The Labute approximate surface area is 69.1 Å². The second-order valence-corrected chi connectivity index (χ2v) is 5.00. The first-order chi connectivity index (χ1) is 4.42. The van der Waals surface area contributed by atoms with Gasteiger partial charge < -0.3 is 0 Å². The van der Waals surface area contributed by atoms with Crippen molar-refractivity contribution in [2.24, 2.45) is 5.41 Å². The Balaban J connectivity index is 3.29. The number of hydrogen-bond donors (Lipinski definition) is 0. The fourth-order valence-corrected chi connectivity index (χ4v) is 1.59. The van der Waals surface area contributed by atoms with E-state index in [0.717, 1.165) is 5.75 Å². The van der Waals surface area contributed by atoms with Gasteiger partial charge >= 0.3 is 0 Å². The summed E-state index contributed by atoms with van der Waals surface area (Å²) in [6.07, 6.45) is 0. The summed E-state index contributed by atoms with van der Waals surface area (Å²) in [5.41, 5.74) is 1.73. The summed E-state index contributed by atoms with van der Waals surface area (Å²) in [6, 6.07) is 0. The first kappa shape index (κ1) is 10.1. The summed E-state index contributed by atoms with van der Waals surface area (Å²) in [6.45, 7) is 12.7. The van der Waals surface area contributed by atoms with Gasteiger partial charge in [0, 0.05) is 5.75 Å². The van der Waals surface area contributed by atoms with Crippen molar-refractivity contribution in [3.63, 3.8) is 0 Å². The molecule has 0 rings (SSSR count). The van der Waals surface area contributed by atoms with Gasteiger partial charge in [-0.3, -0.25) is 0 Å². The van der Waals surface area contributed by atoms with E-state index in [1.54, 1.807) is 0 Å². The van der Waals surface area contributed by atoms with Crippen LogP contribution in [0.2, 0.25) is 0 Å². The molecule has 0 bridgehead atoms. The van der Waals surface area contributed by atoms with E-state index < -0.39 is 0 Å². The van der Waals surface area contributed by atoms with Crippen LogP contribution in [0, 0.1) is 5.41 Å². The summed E-state index contributed by atoms with van der Waals surface area (Å²) < 4.78 is 0. The number of rotatable bonds is 3. The molecular weight excluding hydrogens is 140 g/mol. The number of hydrogen-bond acceptors (Lipinski definition) is 1. The topological polar surface area (TPSA) is 0 Å². The molecular formula is C9H18S. The molecule has 0 aliphatic carbocycles. The minimum Gasteiger partial charge on any atom is -0.157 e. The van der Waals surface area contributed by atoms with Gasteiger partial charge in [0.05, 0.1) is 0 Å². The van der Waals surface area contributed by atoms with Gasteiger partial charge in [-0.25, -0.2) is 0 Å². The molecule has 0 unspecified atom stereocenters. The predicted octanol–water partition coefficient (Wildman–Crippen LogP) is 3.34. The first-order valence-corrected chi connectivity index (χ1v) is 4.79. The minimum atomic E-state index is 0.458. The molecule has 0 nitrogen and oxygen atoms in total. The van der Waals surface area contributed by atoms with Gasteiger partial charge in [-0.2, -0.15) is 11.8 Å². The van der Waals surface area contributed by atoms with E-state index in [2.05, 4.69) is 34.3 Å². The van der Waals surface area contributed by atoms with Crippen molar-refractivity contribution in [2.45, 2.75) is 27.7 Å². The van der Waals surface area contributed by atoms with Crippen molar-refractivity contribution >= 4 is 11.8 Å². The van der Waals surface area contributed by atoms with Crippen molar-refractivity contribution in [1.82, 2.24) is 0 Å². The lowest BCUT2D eigenvalue weighted by molar-refractivity contribution is 0.481. The second-order valence-electron chi connectivity index (χ2n) is 4.01. The zero-order valence-corrected chi connectivity index (χ0v) is 8.35. The maximum Gasteiger partial charge on any atom is 0.0138 e. The van der Waals surface area contributed by atoms with Crippen molar-refractivity contribution in [3.05, 3.63) is 12.2 Å². The van der Waals surface area contributed by atoms with Gasteiger partial charge in [0.15, 0.2) is 0 Å². The van der Waals surface area contributed by atoms with Crippen molar-refractivity contribution in [2.75, 3.05) is 11.5 Å². The van der Waals surface area contributed by atoms with Gasteiger partial charge in [-0.05, 0) is 18.1 Å². The third-order valence-corrected chi connectivity index (χ3v) is 2.65. The zero-order valence-electron chi connectivity index (χ0n) is 7.53. The van der Waals surface area contributed by atoms with Crippen molar-refractivity contribution in [1.29, 1.82) is 0 Å². The molecule has 0 heterocycles. The fraction of sp³-hybridized carbons (Fsp3) is 0.778. The molecule has 0 N–H and O–H groups in total. The summed E-state index contributed by atoms with van der Waals surface area (Å²) >= 11 is 1.97. The quantitative estimate of drug-likeness (QED) is 0.568. The van der Waals surface area contributed by atoms with E-state index in [9.17, 15) is 0 Å². The third kappa shape index (κ3) is 8.09. The van der Waals surface area contributed by atoms with Gasteiger partial charge in [0.2, 0.25) is 0 Å². The lowest BCUT2D eigenvalue weighted by atomic mass is 10.0. The van der Waals surface area contributed by atoms with Crippen molar-refractivity contribution in [3.8, 4) is 0 Å². The predicted molar refractivity (Wildman–Crippen MR) is 51.6 cm³/mol. The highest BCUT2D eigenvalue weighted by Crippen LogP contribution is 2.21. The Hall–Kier alpha value is 0.0900.